The predicted molar refractivity (Wildman–Crippen MR) is 70.6 cm³/mol. The molecule has 0 bridgehead atoms. The van der Waals surface area contributed by atoms with Gasteiger partial charge in [-0.3, -0.25) is 4.79 Å². The Labute approximate surface area is 102 Å². The molecule has 0 aromatic heterocycles. The lowest BCUT2D eigenvalue weighted by Gasteiger charge is -2.35. The Bertz CT molecular complexity index is 417. The number of carbonyl (C=O) groups excluding carboxylic acids is 1. The molecule has 0 atom stereocenters. The van der Waals surface area contributed by atoms with E-state index in [0.717, 1.165) is 24.5 Å². The summed E-state index contributed by atoms with van der Waals surface area (Å²) in [6.45, 7) is 2.09. The van der Waals surface area contributed by atoms with Crippen LogP contribution in [0.15, 0.2) is 24.3 Å². The predicted octanol–water partition coefficient (Wildman–Crippen LogP) is 1.03. The molecule has 0 fully saturated rings. The molecule has 1 aromatic carbocycles. The van der Waals surface area contributed by atoms with Crippen LogP contribution in [-0.2, 0) is 4.79 Å². The fourth-order valence-electron chi connectivity index (χ4n) is 2.07. The van der Waals surface area contributed by atoms with Gasteiger partial charge in [0.2, 0.25) is 5.91 Å². The maximum atomic E-state index is 12.0. The van der Waals surface area contributed by atoms with Crippen molar-refractivity contribution in [3.63, 3.8) is 0 Å². The Morgan fingerprint density at radius 2 is 1.88 bits per heavy atom. The van der Waals surface area contributed by atoms with Crippen molar-refractivity contribution in [3.8, 4) is 0 Å². The highest BCUT2D eigenvalue weighted by molar-refractivity contribution is 6.03. The third kappa shape index (κ3) is 2.42. The molecule has 0 saturated heterocycles. The van der Waals surface area contributed by atoms with E-state index >= 15 is 0 Å². The smallest absolute Gasteiger partial charge is 0.246 e. The standard InChI is InChI=1S/C13H19N3O/c1-14(2)8-9-16-12-7-5-4-6-11(12)15(3)10-13(16)17/h4-7H,8-10H2,1-3H3. The van der Waals surface area contributed by atoms with Crippen molar-refractivity contribution in [1.82, 2.24) is 4.90 Å². The van der Waals surface area contributed by atoms with E-state index in [9.17, 15) is 4.79 Å². The van der Waals surface area contributed by atoms with Gasteiger partial charge < -0.3 is 14.7 Å². The average molecular weight is 233 g/mol. The molecule has 17 heavy (non-hydrogen) atoms. The molecule has 4 nitrogen and oxygen atoms in total. The van der Waals surface area contributed by atoms with Crippen LogP contribution in [0.3, 0.4) is 0 Å². The van der Waals surface area contributed by atoms with Gasteiger partial charge in [0, 0.05) is 20.1 Å². The summed E-state index contributed by atoms with van der Waals surface area (Å²) in [7, 11) is 6.00. The van der Waals surface area contributed by atoms with Crippen molar-refractivity contribution in [1.29, 1.82) is 0 Å². The van der Waals surface area contributed by atoms with E-state index in [1.807, 2.05) is 49.1 Å². The lowest BCUT2D eigenvalue weighted by Crippen LogP contribution is -2.46. The van der Waals surface area contributed by atoms with Crippen LogP contribution in [0.1, 0.15) is 0 Å². The van der Waals surface area contributed by atoms with Crippen LogP contribution in [0.25, 0.3) is 0 Å². The fourth-order valence-corrected chi connectivity index (χ4v) is 2.07. The molecular weight excluding hydrogens is 214 g/mol. The van der Waals surface area contributed by atoms with Crippen molar-refractivity contribution >= 4 is 17.3 Å². The molecular formula is C13H19N3O. The second kappa shape index (κ2) is 4.75. The number of likely N-dealkylation sites (N-methyl/N-ethyl adjacent to an activating group) is 2. The molecule has 0 aliphatic carbocycles. The SMILES string of the molecule is CN(C)CCN1C(=O)CN(C)c2ccccc21. The molecule has 92 valence electrons. The molecule has 1 aliphatic rings. The first-order valence-corrected chi connectivity index (χ1v) is 5.85. The molecule has 0 radical (unpaired) electrons. The van der Waals surface area contributed by atoms with Crippen molar-refractivity contribution in [2.75, 3.05) is 50.6 Å². The number of nitrogens with zero attached hydrogens (tertiary/aromatic N) is 3. The Kier molecular flexibility index (Phi) is 3.33. The average Bonchev–Trinajstić information content (AvgIpc) is 2.28. The van der Waals surface area contributed by atoms with E-state index in [0.29, 0.717) is 6.54 Å². The summed E-state index contributed by atoms with van der Waals surface area (Å²) in [5.41, 5.74) is 2.15. The lowest BCUT2D eigenvalue weighted by molar-refractivity contribution is -0.117. The van der Waals surface area contributed by atoms with Gasteiger partial charge in [0.15, 0.2) is 0 Å². The number of hydrogen-bond donors (Lipinski definition) is 0. The zero-order chi connectivity index (χ0) is 12.4. The van der Waals surface area contributed by atoms with E-state index in [-0.39, 0.29) is 5.91 Å². The van der Waals surface area contributed by atoms with Gasteiger partial charge in [-0.2, -0.15) is 0 Å². The number of fused-ring (bicyclic) bond motifs is 1. The van der Waals surface area contributed by atoms with Gasteiger partial charge in [-0.15, -0.1) is 0 Å². The first kappa shape index (κ1) is 11.9. The summed E-state index contributed by atoms with van der Waals surface area (Å²) in [6.07, 6.45) is 0. The minimum Gasteiger partial charge on any atom is -0.364 e. The molecule has 0 saturated carbocycles. The number of carbonyl (C=O) groups is 1. The number of rotatable bonds is 3. The molecule has 4 heteroatoms. The van der Waals surface area contributed by atoms with Gasteiger partial charge in [0.1, 0.15) is 0 Å². The van der Waals surface area contributed by atoms with Crippen LogP contribution in [0, 0.1) is 0 Å². The molecule has 0 unspecified atom stereocenters. The van der Waals surface area contributed by atoms with Crippen molar-refractivity contribution in [2.45, 2.75) is 0 Å². The summed E-state index contributed by atoms with van der Waals surface area (Å²) in [5.74, 6) is 0.174. The summed E-state index contributed by atoms with van der Waals surface area (Å²) in [5, 5.41) is 0. The van der Waals surface area contributed by atoms with Gasteiger partial charge in [0.25, 0.3) is 0 Å². The third-order valence-electron chi connectivity index (χ3n) is 3.03. The zero-order valence-corrected chi connectivity index (χ0v) is 10.7. The fraction of sp³-hybridized carbons (Fsp3) is 0.462. The van der Waals surface area contributed by atoms with Crippen LogP contribution in [0.2, 0.25) is 0 Å². The topological polar surface area (TPSA) is 26.8 Å². The molecule has 1 aliphatic heterocycles. The molecule has 1 amide bonds. The minimum atomic E-state index is 0.174. The molecule has 2 rings (SSSR count). The summed E-state index contributed by atoms with van der Waals surface area (Å²) in [6, 6.07) is 8.06. The van der Waals surface area contributed by atoms with Gasteiger partial charge in [-0.05, 0) is 26.2 Å². The van der Waals surface area contributed by atoms with Crippen LogP contribution < -0.4 is 9.80 Å². The second-order valence-corrected chi connectivity index (χ2v) is 4.69. The number of hydrogen-bond acceptors (Lipinski definition) is 3. The van der Waals surface area contributed by atoms with E-state index in [4.69, 9.17) is 0 Å². The van der Waals surface area contributed by atoms with E-state index in [1.54, 1.807) is 0 Å². The van der Waals surface area contributed by atoms with Gasteiger partial charge in [0.05, 0.1) is 17.9 Å². The Balaban J connectivity index is 2.26. The highest BCUT2D eigenvalue weighted by Gasteiger charge is 2.26. The maximum absolute atomic E-state index is 12.0. The molecule has 0 spiro atoms. The number of benzene rings is 1. The third-order valence-corrected chi connectivity index (χ3v) is 3.03. The first-order valence-electron chi connectivity index (χ1n) is 5.85. The van der Waals surface area contributed by atoms with Crippen LogP contribution in [-0.4, -0.2) is 51.6 Å². The van der Waals surface area contributed by atoms with E-state index in [2.05, 4.69) is 11.0 Å². The zero-order valence-electron chi connectivity index (χ0n) is 10.7. The largest absolute Gasteiger partial charge is 0.364 e. The number of amides is 1. The van der Waals surface area contributed by atoms with Crippen LogP contribution >= 0.6 is 0 Å². The van der Waals surface area contributed by atoms with Gasteiger partial charge in [-0.25, -0.2) is 0 Å². The monoisotopic (exact) mass is 233 g/mol. The maximum Gasteiger partial charge on any atom is 0.246 e. The Morgan fingerprint density at radius 3 is 2.53 bits per heavy atom. The first-order chi connectivity index (χ1) is 8.09. The lowest BCUT2D eigenvalue weighted by atomic mass is 10.1. The summed E-state index contributed by atoms with van der Waals surface area (Å²) >= 11 is 0. The number of anilines is 2. The van der Waals surface area contributed by atoms with Gasteiger partial charge >= 0.3 is 0 Å². The minimum absolute atomic E-state index is 0.174. The van der Waals surface area contributed by atoms with Crippen molar-refractivity contribution < 1.29 is 4.79 Å². The van der Waals surface area contributed by atoms with Gasteiger partial charge in [-0.1, -0.05) is 12.1 Å². The second-order valence-electron chi connectivity index (χ2n) is 4.69. The molecule has 1 heterocycles. The highest BCUT2D eigenvalue weighted by Crippen LogP contribution is 2.31. The Hall–Kier alpha value is -1.55. The van der Waals surface area contributed by atoms with Crippen LogP contribution in [0.4, 0.5) is 11.4 Å². The summed E-state index contributed by atoms with van der Waals surface area (Å²) < 4.78 is 0. The van der Waals surface area contributed by atoms with Crippen molar-refractivity contribution in [3.05, 3.63) is 24.3 Å². The van der Waals surface area contributed by atoms with E-state index < -0.39 is 0 Å². The summed E-state index contributed by atoms with van der Waals surface area (Å²) in [4.78, 5) is 18.0. The Morgan fingerprint density at radius 1 is 1.24 bits per heavy atom. The molecule has 1 aromatic rings. The normalized spacial score (nSPS) is 15.4. The number of para-hydroxylation sites is 2. The highest BCUT2D eigenvalue weighted by atomic mass is 16.2. The quantitative estimate of drug-likeness (QED) is 0.780. The van der Waals surface area contributed by atoms with E-state index in [1.165, 1.54) is 0 Å². The van der Waals surface area contributed by atoms with Crippen LogP contribution in [0.5, 0.6) is 0 Å². The molecule has 0 N–H and O–H groups in total. The van der Waals surface area contributed by atoms with Crippen molar-refractivity contribution in [2.24, 2.45) is 0 Å².